The molecule has 0 aliphatic heterocycles. The molecule has 3 aromatic rings. The van der Waals surface area contributed by atoms with Gasteiger partial charge in [-0.05, 0) is 37.1 Å². The highest BCUT2D eigenvalue weighted by atomic mass is 32.2. The number of benzene rings is 2. The topological polar surface area (TPSA) is 66.0 Å². The Kier molecular flexibility index (Phi) is 4.76. The summed E-state index contributed by atoms with van der Waals surface area (Å²) in [5, 5.41) is 9.14. The smallest absolute Gasteiger partial charge is 0.210 e. The Balaban J connectivity index is 1.81. The molecule has 6 heteroatoms. The van der Waals surface area contributed by atoms with Gasteiger partial charge in [-0.15, -0.1) is 10.2 Å². The van der Waals surface area contributed by atoms with Gasteiger partial charge in [-0.25, -0.2) is 4.68 Å². The fourth-order valence-corrected chi connectivity index (χ4v) is 3.35. The number of thioether (sulfide) groups is 1. The first kappa shape index (κ1) is 16.4. The predicted octanol–water partition coefficient (Wildman–Crippen LogP) is 3.58. The standard InChI is InChI=1S/C18H20N4OS/c1-12-7-8-13(2)15(9-12)11-24-18-21-20-17(22(18)19)14-5-4-6-16(10-14)23-3/h4-10H,11,19H2,1-3H3. The van der Waals surface area contributed by atoms with Crippen LogP contribution in [0.1, 0.15) is 16.7 Å². The third kappa shape index (κ3) is 3.38. The van der Waals surface area contributed by atoms with Crippen LogP contribution < -0.4 is 10.6 Å². The summed E-state index contributed by atoms with van der Waals surface area (Å²) >= 11 is 1.58. The van der Waals surface area contributed by atoms with Crippen molar-refractivity contribution >= 4 is 11.8 Å². The summed E-state index contributed by atoms with van der Waals surface area (Å²) in [6, 6.07) is 14.1. The number of aromatic nitrogens is 3. The summed E-state index contributed by atoms with van der Waals surface area (Å²) in [5.41, 5.74) is 4.68. The summed E-state index contributed by atoms with van der Waals surface area (Å²) in [7, 11) is 1.64. The van der Waals surface area contributed by atoms with Gasteiger partial charge in [0.2, 0.25) is 5.16 Å². The lowest BCUT2D eigenvalue weighted by atomic mass is 10.1. The molecule has 0 aliphatic carbocycles. The second-order valence-electron chi connectivity index (χ2n) is 5.63. The number of nitrogens with two attached hydrogens (primary N) is 1. The first-order valence-electron chi connectivity index (χ1n) is 7.62. The fraction of sp³-hybridized carbons (Fsp3) is 0.222. The van der Waals surface area contributed by atoms with E-state index >= 15 is 0 Å². The lowest BCUT2D eigenvalue weighted by Crippen LogP contribution is -2.11. The van der Waals surface area contributed by atoms with E-state index in [1.807, 2.05) is 24.3 Å². The van der Waals surface area contributed by atoms with Crippen LogP contribution in [0.3, 0.4) is 0 Å². The quantitative estimate of drug-likeness (QED) is 0.568. The van der Waals surface area contributed by atoms with Gasteiger partial charge in [0.25, 0.3) is 0 Å². The van der Waals surface area contributed by atoms with Crippen molar-refractivity contribution in [2.45, 2.75) is 24.8 Å². The van der Waals surface area contributed by atoms with E-state index in [1.165, 1.54) is 21.4 Å². The van der Waals surface area contributed by atoms with Crippen LogP contribution in [0.2, 0.25) is 0 Å². The average molecular weight is 340 g/mol. The molecule has 0 saturated heterocycles. The van der Waals surface area contributed by atoms with Gasteiger partial charge in [-0.3, -0.25) is 0 Å². The largest absolute Gasteiger partial charge is 0.497 e. The van der Waals surface area contributed by atoms with Crippen LogP contribution in [-0.2, 0) is 5.75 Å². The number of nitrogen functional groups attached to an aromatic ring is 1. The lowest BCUT2D eigenvalue weighted by molar-refractivity contribution is 0.415. The predicted molar refractivity (Wildman–Crippen MR) is 97.6 cm³/mol. The molecule has 0 fully saturated rings. The monoisotopic (exact) mass is 340 g/mol. The maximum absolute atomic E-state index is 6.19. The highest BCUT2D eigenvalue weighted by molar-refractivity contribution is 7.98. The van der Waals surface area contributed by atoms with Gasteiger partial charge in [0, 0.05) is 11.3 Å². The highest BCUT2D eigenvalue weighted by Gasteiger charge is 2.13. The Morgan fingerprint density at radius 3 is 2.75 bits per heavy atom. The van der Waals surface area contributed by atoms with Gasteiger partial charge < -0.3 is 10.6 Å². The molecule has 3 rings (SSSR count). The molecule has 5 nitrogen and oxygen atoms in total. The lowest BCUT2D eigenvalue weighted by Gasteiger charge is -2.07. The zero-order valence-electron chi connectivity index (χ0n) is 14.0. The normalized spacial score (nSPS) is 10.8. The summed E-state index contributed by atoms with van der Waals surface area (Å²) < 4.78 is 6.78. The maximum Gasteiger partial charge on any atom is 0.210 e. The Morgan fingerprint density at radius 1 is 1.12 bits per heavy atom. The minimum atomic E-state index is 0.623. The SMILES string of the molecule is COc1cccc(-c2nnc(SCc3cc(C)ccc3C)n2N)c1. The van der Waals surface area contributed by atoms with Gasteiger partial charge in [0.1, 0.15) is 5.75 Å². The van der Waals surface area contributed by atoms with E-state index in [4.69, 9.17) is 10.6 Å². The van der Waals surface area contributed by atoms with E-state index in [0.717, 1.165) is 17.1 Å². The molecule has 0 atom stereocenters. The van der Waals surface area contributed by atoms with E-state index in [1.54, 1.807) is 18.9 Å². The number of aryl methyl sites for hydroxylation is 2. The average Bonchev–Trinajstić information content (AvgIpc) is 2.96. The Bertz CT molecular complexity index is 860. The van der Waals surface area contributed by atoms with E-state index in [9.17, 15) is 0 Å². The third-order valence-corrected chi connectivity index (χ3v) is 4.85. The van der Waals surface area contributed by atoms with Crippen LogP contribution in [0.4, 0.5) is 0 Å². The van der Waals surface area contributed by atoms with Crippen molar-refractivity contribution in [1.29, 1.82) is 0 Å². The van der Waals surface area contributed by atoms with Crippen molar-refractivity contribution in [3.05, 3.63) is 59.2 Å². The van der Waals surface area contributed by atoms with Crippen LogP contribution in [0, 0.1) is 13.8 Å². The minimum Gasteiger partial charge on any atom is -0.497 e. The number of hydrogen-bond donors (Lipinski definition) is 1. The van der Waals surface area contributed by atoms with Crippen LogP contribution in [0.15, 0.2) is 47.6 Å². The molecule has 1 heterocycles. The van der Waals surface area contributed by atoms with Gasteiger partial charge in [-0.2, -0.15) is 0 Å². The number of rotatable bonds is 5. The number of nitrogens with zero attached hydrogens (tertiary/aromatic N) is 3. The summed E-state index contributed by atoms with van der Waals surface area (Å²) in [4.78, 5) is 0. The molecule has 124 valence electrons. The molecule has 0 unspecified atom stereocenters. The minimum absolute atomic E-state index is 0.623. The van der Waals surface area contributed by atoms with E-state index in [0.29, 0.717) is 11.0 Å². The number of methoxy groups -OCH3 is 1. The van der Waals surface area contributed by atoms with E-state index in [2.05, 4.69) is 42.2 Å². The zero-order valence-corrected chi connectivity index (χ0v) is 14.8. The van der Waals surface area contributed by atoms with Crippen LogP contribution in [0.25, 0.3) is 11.4 Å². The van der Waals surface area contributed by atoms with Gasteiger partial charge in [0.15, 0.2) is 5.82 Å². The Labute approximate surface area is 145 Å². The maximum atomic E-state index is 6.19. The van der Waals surface area contributed by atoms with E-state index in [-0.39, 0.29) is 0 Å². The molecular weight excluding hydrogens is 320 g/mol. The third-order valence-electron chi connectivity index (χ3n) is 3.85. The number of hydrogen-bond acceptors (Lipinski definition) is 5. The molecule has 0 spiro atoms. The molecule has 1 aromatic heterocycles. The van der Waals surface area contributed by atoms with Crippen molar-refractivity contribution in [2.24, 2.45) is 0 Å². The van der Waals surface area contributed by atoms with Crippen LogP contribution in [-0.4, -0.2) is 22.0 Å². The van der Waals surface area contributed by atoms with Gasteiger partial charge >= 0.3 is 0 Å². The Hall–Kier alpha value is -2.47. The Morgan fingerprint density at radius 2 is 1.96 bits per heavy atom. The molecule has 2 aromatic carbocycles. The van der Waals surface area contributed by atoms with Gasteiger partial charge in [-0.1, -0.05) is 47.7 Å². The summed E-state index contributed by atoms with van der Waals surface area (Å²) in [6.45, 7) is 4.21. The second-order valence-corrected chi connectivity index (χ2v) is 6.57. The van der Waals surface area contributed by atoms with Crippen LogP contribution in [0.5, 0.6) is 5.75 Å². The molecule has 2 N–H and O–H groups in total. The molecule has 0 saturated carbocycles. The van der Waals surface area contributed by atoms with Crippen molar-refractivity contribution < 1.29 is 4.74 Å². The van der Waals surface area contributed by atoms with Crippen molar-refractivity contribution in [3.63, 3.8) is 0 Å². The van der Waals surface area contributed by atoms with Crippen molar-refractivity contribution in [1.82, 2.24) is 14.9 Å². The highest BCUT2D eigenvalue weighted by Crippen LogP contribution is 2.27. The van der Waals surface area contributed by atoms with E-state index < -0.39 is 0 Å². The van der Waals surface area contributed by atoms with Crippen molar-refractivity contribution in [3.8, 4) is 17.1 Å². The molecule has 0 aliphatic rings. The first-order chi connectivity index (χ1) is 11.6. The summed E-state index contributed by atoms with van der Waals surface area (Å²) in [6.07, 6.45) is 0. The van der Waals surface area contributed by atoms with Gasteiger partial charge in [0.05, 0.1) is 7.11 Å². The molecular formula is C18H20N4OS. The molecule has 0 bridgehead atoms. The van der Waals surface area contributed by atoms with Crippen LogP contribution >= 0.6 is 11.8 Å². The zero-order chi connectivity index (χ0) is 17.1. The molecule has 0 radical (unpaired) electrons. The van der Waals surface area contributed by atoms with Crippen molar-refractivity contribution in [2.75, 3.05) is 13.0 Å². The molecule has 24 heavy (non-hydrogen) atoms. The first-order valence-corrected chi connectivity index (χ1v) is 8.61. The molecule has 0 amide bonds. The second kappa shape index (κ2) is 6.97. The fourth-order valence-electron chi connectivity index (χ4n) is 2.43. The summed E-state index contributed by atoms with van der Waals surface area (Å²) in [5.74, 6) is 8.38. The number of ether oxygens (including phenoxy) is 1.